The Morgan fingerprint density at radius 1 is 1.10 bits per heavy atom. The molecule has 0 aliphatic carbocycles. The van der Waals surface area contributed by atoms with Crippen LogP contribution in [0.25, 0.3) is 0 Å². The summed E-state index contributed by atoms with van der Waals surface area (Å²) in [5.74, 6) is -2.78. The number of benzene rings is 2. The number of aliphatic hydroxyl groups excluding tert-OH is 1. The number of carbonyl (C=O) groups is 3. The highest BCUT2D eigenvalue weighted by molar-refractivity contribution is 5.98. The number of hydrogen-bond acceptors (Lipinski definition) is 6. The first kappa shape index (κ1) is 29.7. The fraction of sp³-hybridized carbons (Fsp3) is 0.441. The number of unbranched alkanes of at least 4 members (excludes halogenated alkanes) is 2. The zero-order valence-corrected chi connectivity index (χ0v) is 24.0. The van der Waals surface area contributed by atoms with Crippen LogP contribution in [0.3, 0.4) is 0 Å². The van der Waals surface area contributed by atoms with Crippen molar-refractivity contribution in [2.45, 2.75) is 62.4 Å². The predicted octanol–water partition coefficient (Wildman–Crippen LogP) is 4.21. The standard InChI is InChI=1S/C34H40N2O6/c1-3-5-6-13-21-41-33(40)28-27-18-19-34(42-27)29(28)31(38)36(26(23-37)25-16-11-8-12-17-25)30(34)32(39)35(20-4-2)22-24-14-9-7-10-15-24/h3-4,7-12,14-17,26-30,37H,1-2,5-6,13,18-23H2/t26-,27+,28-,29+,30?,34?/m1/s1. The highest BCUT2D eigenvalue weighted by Crippen LogP contribution is 2.60. The van der Waals surface area contributed by atoms with Crippen molar-refractivity contribution in [3.8, 4) is 0 Å². The van der Waals surface area contributed by atoms with Gasteiger partial charge in [-0.3, -0.25) is 14.4 Å². The second-order valence-corrected chi connectivity index (χ2v) is 11.4. The lowest BCUT2D eigenvalue weighted by Gasteiger charge is -2.39. The summed E-state index contributed by atoms with van der Waals surface area (Å²) in [6.07, 6.45) is 6.40. The average Bonchev–Trinajstić information content (AvgIpc) is 3.66. The fourth-order valence-electron chi connectivity index (χ4n) is 7.03. The summed E-state index contributed by atoms with van der Waals surface area (Å²) in [6, 6.07) is 17.0. The van der Waals surface area contributed by atoms with Gasteiger partial charge in [-0.25, -0.2) is 0 Å². The maximum absolute atomic E-state index is 14.6. The van der Waals surface area contributed by atoms with Gasteiger partial charge in [0.05, 0.1) is 37.2 Å². The molecule has 2 amide bonds. The molecular weight excluding hydrogens is 532 g/mol. The Hall–Kier alpha value is -3.75. The van der Waals surface area contributed by atoms with Crippen LogP contribution in [-0.4, -0.2) is 70.2 Å². The van der Waals surface area contributed by atoms with Gasteiger partial charge in [0, 0.05) is 13.1 Å². The van der Waals surface area contributed by atoms with E-state index in [4.69, 9.17) is 9.47 Å². The molecule has 42 heavy (non-hydrogen) atoms. The summed E-state index contributed by atoms with van der Waals surface area (Å²) >= 11 is 0. The minimum atomic E-state index is -1.19. The number of esters is 1. The van der Waals surface area contributed by atoms with Crippen molar-refractivity contribution in [1.82, 2.24) is 9.80 Å². The van der Waals surface area contributed by atoms with Gasteiger partial charge in [0.2, 0.25) is 11.8 Å². The van der Waals surface area contributed by atoms with Gasteiger partial charge in [0.25, 0.3) is 0 Å². The first-order valence-corrected chi connectivity index (χ1v) is 14.8. The zero-order valence-electron chi connectivity index (χ0n) is 24.0. The van der Waals surface area contributed by atoms with Crippen molar-refractivity contribution >= 4 is 17.8 Å². The van der Waals surface area contributed by atoms with E-state index in [0.717, 1.165) is 18.4 Å². The van der Waals surface area contributed by atoms with E-state index in [1.165, 1.54) is 4.90 Å². The van der Waals surface area contributed by atoms with E-state index in [1.807, 2.05) is 66.7 Å². The molecule has 2 unspecified atom stereocenters. The van der Waals surface area contributed by atoms with Crippen LogP contribution in [0.1, 0.15) is 49.3 Å². The number of nitrogens with zero attached hydrogens (tertiary/aromatic N) is 2. The van der Waals surface area contributed by atoms with Crippen molar-refractivity contribution in [2.75, 3.05) is 19.8 Å². The van der Waals surface area contributed by atoms with Crippen LogP contribution in [0.4, 0.5) is 0 Å². The minimum absolute atomic E-state index is 0.253. The third-order valence-corrected chi connectivity index (χ3v) is 8.86. The van der Waals surface area contributed by atoms with Crippen molar-refractivity contribution in [3.63, 3.8) is 0 Å². The fourth-order valence-corrected chi connectivity index (χ4v) is 7.03. The smallest absolute Gasteiger partial charge is 0.312 e. The maximum atomic E-state index is 14.6. The quantitative estimate of drug-likeness (QED) is 0.207. The van der Waals surface area contributed by atoms with E-state index in [0.29, 0.717) is 31.4 Å². The Labute approximate surface area is 247 Å². The Bertz CT molecular complexity index is 1280. The molecule has 1 N–H and O–H groups in total. The molecule has 0 saturated carbocycles. The lowest BCUT2D eigenvalue weighted by molar-refractivity contribution is -0.157. The third kappa shape index (κ3) is 5.41. The molecule has 3 saturated heterocycles. The first-order valence-electron chi connectivity index (χ1n) is 14.8. The molecule has 8 heteroatoms. The predicted molar refractivity (Wildman–Crippen MR) is 158 cm³/mol. The summed E-state index contributed by atoms with van der Waals surface area (Å²) in [5.41, 5.74) is 0.453. The number of allylic oxidation sites excluding steroid dienone is 1. The van der Waals surface area contributed by atoms with E-state index in [-0.39, 0.29) is 31.6 Å². The van der Waals surface area contributed by atoms with Crippen molar-refractivity contribution in [3.05, 3.63) is 97.1 Å². The molecule has 222 valence electrons. The maximum Gasteiger partial charge on any atom is 0.312 e. The summed E-state index contributed by atoms with van der Waals surface area (Å²) in [5, 5.41) is 10.7. The van der Waals surface area contributed by atoms with Crippen LogP contribution in [0, 0.1) is 11.8 Å². The third-order valence-electron chi connectivity index (χ3n) is 8.86. The summed E-state index contributed by atoms with van der Waals surface area (Å²) in [4.78, 5) is 45.7. The van der Waals surface area contributed by atoms with E-state index in [1.54, 1.807) is 11.0 Å². The highest BCUT2D eigenvalue weighted by atomic mass is 16.6. The van der Waals surface area contributed by atoms with Gasteiger partial charge in [-0.2, -0.15) is 0 Å². The van der Waals surface area contributed by atoms with Crippen LogP contribution in [-0.2, 0) is 30.4 Å². The van der Waals surface area contributed by atoms with Gasteiger partial charge in [0.1, 0.15) is 11.6 Å². The topological polar surface area (TPSA) is 96.4 Å². The molecule has 5 rings (SSSR count). The number of likely N-dealkylation sites (tertiary alicyclic amines) is 1. The number of fused-ring (bicyclic) bond motifs is 1. The summed E-state index contributed by atoms with van der Waals surface area (Å²) in [6.45, 7) is 8.04. The van der Waals surface area contributed by atoms with Crippen LogP contribution in [0.15, 0.2) is 86.0 Å². The van der Waals surface area contributed by atoms with Gasteiger partial charge in [-0.1, -0.05) is 72.8 Å². The van der Waals surface area contributed by atoms with E-state index in [9.17, 15) is 19.5 Å². The first-order chi connectivity index (χ1) is 20.5. The van der Waals surface area contributed by atoms with Crippen LogP contribution >= 0.6 is 0 Å². The van der Waals surface area contributed by atoms with Crippen LogP contribution in [0.5, 0.6) is 0 Å². The second kappa shape index (κ2) is 13.0. The normalized spacial score (nSPS) is 26.5. The second-order valence-electron chi connectivity index (χ2n) is 11.4. The Morgan fingerprint density at radius 3 is 2.48 bits per heavy atom. The lowest BCUT2D eigenvalue weighted by atomic mass is 9.70. The van der Waals surface area contributed by atoms with Gasteiger partial charge in [0.15, 0.2) is 0 Å². The molecule has 0 aromatic heterocycles. The SMILES string of the molecule is C=CCCCCOC(=O)[C@@H]1[C@@H]2CCC3(O2)C(C(=O)N(CC=C)Cc2ccccc2)N([C@H](CO)c2ccccc2)C(=O)[C@H]13. The van der Waals surface area contributed by atoms with E-state index >= 15 is 0 Å². The van der Waals surface area contributed by atoms with Gasteiger partial charge < -0.3 is 24.4 Å². The molecule has 2 aromatic carbocycles. The minimum Gasteiger partial charge on any atom is -0.465 e. The summed E-state index contributed by atoms with van der Waals surface area (Å²) < 4.78 is 12.2. The largest absolute Gasteiger partial charge is 0.465 e. The molecule has 8 nitrogen and oxygen atoms in total. The van der Waals surface area contributed by atoms with Crippen LogP contribution < -0.4 is 0 Å². The number of carbonyl (C=O) groups excluding carboxylic acids is 3. The molecule has 3 heterocycles. The zero-order chi connectivity index (χ0) is 29.7. The number of amides is 2. The Kier molecular flexibility index (Phi) is 9.24. The molecule has 3 aliphatic rings. The van der Waals surface area contributed by atoms with Gasteiger partial charge in [-0.05, 0) is 43.2 Å². The number of aliphatic hydroxyl groups is 1. The lowest BCUT2D eigenvalue weighted by Crippen LogP contribution is -2.57. The Morgan fingerprint density at radius 2 is 1.81 bits per heavy atom. The van der Waals surface area contributed by atoms with Crippen molar-refractivity contribution < 1.29 is 29.0 Å². The molecule has 1 spiro atoms. The van der Waals surface area contributed by atoms with Crippen molar-refractivity contribution in [2.24, 2.45) is 11.8 Å². The molecule has 3 fully saturated rings. The monoisotopic (exact) mass is 572 g/mol. The Balaban J connectivity index is 1.51. The number of rotatable bonds is 14. The van der Waals surface area contributed by atoms with Gasteiger partial charge in [-0.15, -0.1) is 13.2 Å². The van der Waals surface area contributed by atoms with Gasteiger partial charge >= 0.3 is 5.97 Å². The molecule has 2 bridgehead atoms. The van der Waals surface area contributed by atoms with E-state index < -0.39 is 41.6 Å². The van der Waals surface area contributed by atoms with Crippen molar-refractivity contribution in [1.29, 1.82) is 0 Å². The van der Waals surface area contributed by atoms with E-state index in [2.05, 4.69) is 13.2 Å². The van der Waals surface area contributed by atoms with Crippen LogP contribution in [0.2, 0.25) is 0 Å². The molecule has 6 atom stereocenters. The molecule has 3 aliphatic heterocycles. The average molecular weight is 573 g/mol. The number of ether oxygens (including phenoxy) is 2. The summed E-state index contributed by atoms with van der Waals surface area (Å²) in [7, 11) is 0. The molecular formula is C34H40N2O6. The highest BCUT2D eigenvalue weighted by Gasteiger charge is 2.75. The number of hydrogen-bond donors (Lipinski definition) is 1. The molecule has 2 aromatic rings. The molecule has 0 radical (unpaired) electrons.